The molecule has 5 nitrogen and oxygen atoms in total. The fourth-order valence-electron chi connectivity index (χ4n) is 6.67. The lowest BCUT2D eigenvalue weighted by Crippen LogP contribution is -2.57. The number of anilines is 1. The van der Waals surface area contributed by atoms with Gasteiger partial charge in [-0.3, -0.25) is 4.68 Å². The molecule has 3 N–H and O–H groups in total. The summed E-state index contributed by atoms with van der Waals surface area (Å²) in [6.07, 6.45) is 6.86. The summed E-state index contributed by atoms with van der Waals surface area (Å²) in [4.78, 5) is 4.85. The lowest BCUT2D eigenvalue weighted by molar-refractivity contribution is 0.162. The zero-order chi connectivity index (χ0) is 24.0. The number of rotatable bonds is 3. The Balaban J connectivity index is 1.58. The van der Waals surface area contributed by atoms with Crippen LogP contribution in [0.25, 0.3) is 32.2 Å². The number of thiazole rings is 1. The van der Waals surface area contributed by atoms with E-state index in [1.54, 1.807) is 11.3 Å². The van der Waals surface area contributed by atoms with Crippen LogP contribution < -0.4 is 11.1 Å². The van der Waals surface area contributed by atoms with E-state index < -0.39 is 0 Å². The quantitative estimate of drug-likeness (QED) is 0.350. The van der Waals surface area contributed by atoms with Gasteiger partial charge in [-0.05, 0) is 118 Å². The number of nitrogens with one attached hydrogen (secondary N) is 1. The number of nitrogen functional groups attached to an aromatic ring is 1. The number of aryl methyl sites for hydroxylation is 1. The maximum atomic E-state index is 6.27. The molecule has 2 aliphatic rings. The van der Waals surface area contributed by atoms with Crippen molar-refractivity contribution < 1.29 is 0 Å². The zero-order valence-corrected chi connectivity index (χ0v) is 21.9. The van der Waals surface area contributed by atoms with Gasteiger partial charge in [0.2, 0.25) is 0 Å². The standard InChI is InChI=1S/C28H35N5S/c1-15-20(17-9-18-14-33(6)31-24(18)21(10-17)16-7-8-16)11-22-25(30-26(29)34-22)23(15)19-12-27(2,3)32-28(4,5)13-19/h9-11,14,16,19,32H,7-8,12-13H2,1-6H3,(H2,29,30). The highest BCUT2D eigenvalue weighted by molar-refractivity contribution is 7.22. The van der Waals surface area contributed by atoms with Crippen LogP contribution >= 0.6 is 11.3 Å². The molecule has 0 amide bonds. The first-order valence-electron chi connectivity index (χ1n) is 12.5. The van der Waals surface area contributed by atoms with Crippen molar-refractivity contribution in [3.05, 3.63) is 41.1 Å². The van der Waals surface area contributed by atoms with Crippen molar-refractivity contribution in [3.8, 4) is 11.1 Å². The summed E-state index contributed by atoms with van der Waals surface area (Å²) < 4.78 is 3.15. The largest absolute Gasteiger partial charge is 0.375 e. The molecule has 0 atom stereocenters. The summed E-state index contributed by atoms with van der Waals surface area (Å²) in [5.74, 6) is 1.08. The molecule has 2 aromatic heterocycles. The van der Waals surface area contributed by atoms with Gasteiger partial charge in [-0.1, -0.05) is 11.3 Å². The van der Waals surface area contributed by atoms with Gasteiger partial charge in [-0.15, -0.1) is 0 Å². The van der Waals surface area contributed by atoms with E-state index in [4.69, 9.17) is 15.8 Å². The molecule has 178 valence electrons. The predicted molar refractivity (Wildman–Crippen MR) is 144 cm³/mol. The van der Waals surface area contributed by atoms with E-state index in [0.717, 1.165) is 23.9 Å². The van der Waals surface area contributed by atoms with Gasteiger partial charge < -0.3 is 11.1 Å². The van der Waals surface area contributed by atoms with Crippen molar-refractivity contribution in [2.75, 3.05) is 5.73 Å². The maximum absolute atomic E-state index is 6.27. The van der Waals surface area contributed by atoms with Gasteiger partial charge in [-0.25, -0.2) is 4.98 Å². The lowest BCUT2D eigenvalue weighted by Gasteiger charge is -2.47. The molecular weight excluding hydrogens is 438 g/mol. The highest BCUT2D eigenvalue weighted by Crippen LogP contribution is 2.48. The highest BCUT2D eigenvalue weighted by Gasteiger charge is 2.40. The molecular formula is C28H35N5S. The average molecular weight is 474 g/mol. The first-order chi connectivity index (χ1) is 16.0. The van der Waals surface area contributed by atoms with Crippen LogP contribution in [-0.2, 0) is 7.05 Å². The second-order valence-corrected chi connectivity index (χ2v) is 13.0. The number of fused-ring (bicyclic) bond motifs is 2. The third-order valence-corrected chi connectivity index (χ3v) is 8.52. The summed E-state index contributed by atoms with van der Waals surface area (Å²) in [5.41, 5.74) is 15.4. The molecule has 2 aromatic carbocycles. The Morgan fingerprint density at radius 2 is 1.74 bits per heavy atom. The van der Waals surface area contributed by atoms with E-state index in [1.807, 2.05) is 11.7 Å². The van der Waals surface area contributed by atoms with E-state index in [0.29, 0.717) is 17.0 Å². The third kappa shape index (κ3) is 3.72. The molecule has 1 aliphatic heterocycles. The maximum Gasteiger partial charge on any atom is 0.181 e. The van der Waals surface area contributed by atoms with Crippen LogP contribution in [-0.4, -0.2) is 25.8 Å². The van der Waals surface area contributed by atoms with E-state index in [9.17, 15) is 0 Å². The third-order valence-electron chi connectivity index (χ3n) is 7.69. The number of aromatic nitrogens is 3. The zero-order valence-electron chi connectivity index (χ0n) is 21.1. The fourth-order valence-corrected chi connectivity index (χ4v) is 7.46. The van der Waals surface area contributed by atoms with E-state index in [1.165, 1.54) is 50.7 Å². The first kappa shape index (κ1) is 22.1. The molecule has 34 heavy (non-hydrogen) atoms. The van der Waals surface area contributed by atoms with Crippen LogP contribution in [0.2, 0.25) is 0 Å². The van der Waals surface area contributed by atoms with Crippen molar-refractivity contribution in [2.45, 2.75) is 83.2 Å². The van der Waals surface area contributed by atoms with Gasteiger partial charge in [0.15, 0.2) is 5.13 Å². The molecule has 2 fully saturated rings. The summed E-state index contributed by atoms with van der Waals surface area (Å²) in [6.45, 7) is 11.6. The molecule has 0 spiro atoms. The van der Waals surface area contributed by atoms with E-state index in [2.05, 4.69) is 64.3 Å². The highest BCUT2D eigenvalue weighted by atomic mass is 32.1. The minimum absolute atomic E-state index is 0.0660. The van der Waals surface area contributed by atoms with Crippen LogP contribution in [0.4, 0.5) is 5.13 Å². The smallest absolute Gasteiger partial charge is 0.181 e. The van der Waals surface area contributed by atoms with E-state index in [-0.39, 0.29) is 11.1 Å². The molecule has 0 bridgehead atoms. The van der Waals surface area contributed by atoms with Crippen molar-refractivity contribution in [1.29, 1.82) is 0 Å². The van der Waals surface area contributed by atoms with Gasteiger partial charge in [0, 0.05) is 29.7 Å². The minimum Gasteiger partial charge on any atom is -0.375 e. The number of hydrogen-bond donors (Lipinski definition) is 2. The van der Waals surface area contributed by atoms with Crippen LogP contribution in [0.5, 0.6) is 0 Å². The summed E-state index contributed by atoms with van der Waals surface area (Å²) in [6, 6.07) is 7.06. The van der Waals surface area contributed by atoms with Crippen LogP contribution in [0.1, 0.15) is 81.9 Å². The van der Waals surface area contributed by atoms with Crippen molar-refractivity contribution in [3.63, 3.8) is 0 Å². The molecule has 1 saturated heterocycles. The minimum atomic E-state index is 0.0660. The van der Waals surface area contributed by atoms with Gasteiger partial charge in [0.1, 0.15) is 0 Å². The molecule has 4 aromatic rings. The number of piperidine rings is 1. The Kier molecular flexibility index (Phi) is 4.72. The normalized spacial score (nSPS) is 20.4. The lowest BCUT2D eigenvalue weighted by atomic mass is 9.71. The average Bonchev–Trinajstić information content (AvgIpc) is 3.38. The van der Waals surface area contributed by atoms with Gasteiger partial charge in [0.05, 0.1) is 15.7 Å². The molecule has 0 unspecified atom stereocenters. The Hall–Kier alpha value is -2.44. The number of benzene rings is 2. The van der Waals surface area contributed by atoms with E-state index >= 15 is 0 Å². The second-order valence-electron chi connectivity index (χ2n) is 11.9. The monoisotopic (exact) mass is 473 g/mol. The molecule has 6 heteroatoms. The topological polar surface area (TPSA) is 68.8 Å². The first-order valence-corrected chi connectivity index (χ1v) is 13.3. The molecule has 1 saturated carbocycles. The molecule has 1 aliphatic carbocycles. The van der Waals surface area contributed by atoms with Crippen molar-refractivity contribution in [1.82, 2.24) is 20.1 Å². The van der Waals surface area contributed by atoms with Gasteiger partial charge in [0.25, 0.3) is 0 Å². The Morgan fingerprint density at radius 1 is 1.03 bits per heavy atom. The Bertz CT molecular complexity index is 1420. The SMILES string of the molecule is Cc1c(-c2cc(C3CC3)c3nn(C)cc3c2)cc2sc(N)nc2c1C1CC(C)(C)NC(C)(C)C1. The number of nitrogens with two attached hydrogens (primary N) is 1. The summed E-state index contributed by atoms with van der Waals surface area (Å²) in [7, 11) is 2.02. The predicted octanol–water partition coefficient (Wildman–Crippen LogP) is 6.64. The second kappa shape index (κ2) is 7.28. The Labute approximate surface area is 205 Å². The summed E-state index contributed by atoms with van der Waals surface area (Å²) >= 11 is 1.61. The molecule has 3 heterocycles. The summed E-state index contributed by atoms with van der Waals surface area (Å²) in [5, 5.41) is 10.5. The van der Waals surface area contributed by atoms with Crippen LogP contribution in [0.15, 0.2) is 24.4 Å². The van der Waals surface area contributed by atoms with Crippen LogP contribution in [0, 0.1) is 6.92 Å². The molecule has 6 rings (SSSR count). The van der Waals surface area contributed by atoms with Gasteiger partial charge >= 0.3 is 0 Å². The number of nitrogens with zero attached hydrogens (tertiary/aromatic N) is 3. The Morgan fingerprint density at radius 3 is 2.41 bits per heavy atom. The van der Waals surface area contributed by atoms with Crippen LogP contribution in [0.3, 0.4) is 0 Å². The van der Waals surface area contributed by atoms with Gasteiger partial charge in [-0.2, -0.15) is 5.10 Å². The number of hydrogen-bond acceptors (Lipinski definition) is 5. The fraction of sp³-hybridized carbons (Fsp3) is 0.500. The molecule has 0 radical (unpaired) electrons. The van der Waals surface area contributed by atoms with Crippen molar-refractivity contribution in [2.24, 2.45) is 7.05 Å². The van der Waals surface area contributed by atoms with Crippen molar-refractivity contribution >= 4 is 37.6 Å².